The molecular weight excluding hydrogens is 468 g/mol. The third kappa shape index (κ3) is 4.19. The summed E-state index contributed by atoms with van der Waals surface area (Å²) in [5, 5.41) is 0. The molecular formula is C16H24N5O7P2S-. The smallest absolute Gasteiger partial charge is 0.328 e. The summed E-state index contributed by atoms with van der Waals surface area (Å²) in [4.78, 5) is 44.5. The Morgan fingerprint density at radius 3 is 2.65 bits per heavy atom. The average Bonchev–Trinajstić information content (AvgIpc) is 3.25. The lowest BCUT2D eigenvalue weighted by molar-refractivity contribution is -0.192. The van der Waals surface area contributed by atoms with Crippen molar-refractivity contribution in [2.45, 2.75) is 56.1 Å². The van der Waals surface area contributed by atoms with Gasteiger partial charge in [0.25, 0.3) is 0 Å². The normalized spacial score (nSPS) is 33.1. The van der Waals surface area contributed by atoms with Crippen molar-refractivity contribution in [3.05, 3.63) is 12.7 Å². The molecule has 1 saturated heterocycles. The number of nitrogen functional groups attached to an aromatic ring is 1. The van der Waals surface area contributed by atoms with Crippen LogP contribution in [-0.2, 0) is 30.4 Å². The zero-order valence-electron chi connectivity index (χ0n) is 17.0. The van der Waals surface area contributed by atoms with Crippen LogP contribution in [0.1, 0.15) is 26.5 Å². The van der Waals surface area contributed by atoms with Crippen molar-refractivity contribution in [1.82, 2.24) is 19.5 Å². The van der Waals surface area contributed by atoms with Gasteiger partial charge in [-0.1, -0.05) is 25.7 Å². The predicted molar refractivity (Wildman–Crippen MR) is 113 cm³/mol. The van der Waals surface area contributed by atoms with E-state index in [1.807, 2.05) is 0 Å². The van der Waals surface area contributed by atoms with Crippen LogP contribution in [0.5, 0.6) is 0 Å². The first-order chi connectivity index (χ1) is 14.5. The SMILES string of the molecule is CO[C@H]1[C@@H](OP([O-])(=S)C(C)C)[C@@H](C2CC2P(=O)(O)O)O[C@H]1n1cnc2c(N)ncnc21. The molecule has 2 aromatic heterocycles. The molecule has 2 fully saturated rings. The molecule has 0 aromatic carbocycles. The standard InChI is InChI=1S/C16H25N5O7P2S/c1-7(2)30(25,31)28-12-11(8-4-9(8)29(22,23)24)27-16(13(12)26-3)21-6-20-10-14(17)18-5-19-15(10)21/h5-9,11-13,16H,4H2,1-3H3,(H,25,31)(H2,17,18,19)(H2,22,23,24)/p-1/t8?,9?,11-,12+,13+,16-,30?/m1/s1. The third-order valence-corrected chi connectivity index (χ3v) is 10.5. The van der Waals surface area contributed by atoms with Crippen molar-refractivity contribution in [3.8, 4) is 0 Å². The number of methoxy groups -OCH3 is 1. The Morgan fingerprint density at radius 2 is 2.06 bits per heavy atom. The first-order valence-corrected chi connectivity index (χ1v) is 14.0. The molecule has 31 heavy (non-hydrogen) atoms. The summed E-state index contributed by atoms with van der Waals surface area (Å²) in [5.41, 5.74) is 5.35. The van der Waals surface area contributed by atoms with Crippen molar-refractivity contribution < 1.29 is 33.2 Å². The average molecular weight is 492 g/mol. The molecule has 0 radical (unpaired) electrons. The van der Waals surface area contributed by atoms with E-state index < -0.39 is 55.9 Å². The first-order valence-electron chi connectivity index (χ1n) is 9.61. The van der Waals surface area contributed by atoms with Crippen molar-refractivity contribution >= 4 is 42.9 Å². The lowest BCUT2D eigenvalue weighted by atomic mass is 10.1. The number of imidazole rings is 1. The van der Waals surface area contributed by atoms with Crippen LogP contribution < -0.4 is 10.6 Å². The summed E-state index contributed by atoms with van der Waals surface area (Å²) in [6, 6.07) is 0. The fraction of sp³-hybridized carbons (Fsp3) is 0.688. The van der Waals surface area contributed by atoms with Gasteiger partial charge in [0.15, 0.2) is 17.7 Å². The summed E-state index contributed by atoms with van der Waals surface area (Å²) in [6.07, 6.45) is -0.293. The highest BCUT2D eigenvalue weighted by Crippen LogP contribution is 2.62. The van der Waals surface area contributed by atoms with Gasteiger partial charge in [0.1, 0.15) is 24.1 Å². The summed E-state index contributed by atoms with van der Waals surface area (Å²) in [6.45, 7) is -0.0924. The first kappa shape index (κ1) is 23.2. The van der Waals surface area contributed by atoms with Crippen LogP contribution >= 0.6 is 14.1 Å². The number of anilines is 1. The molecule has 1 saturated carbocycles. The molecule has 4 rings (SSSR count). The van der Waals surface area contributed by atoms with E-state index in [9.17, 15) is 19.2 Å². The number of ether oxygens (including phenoxy) is 2. The fourth-order valence-corrected chi connectivity index (χ4v) is 6.20. The van der Waals surface area contributed by atoms with Crippen molar-refractivity contribution in [1.29, 1.82) is 0 Å². The highest BCUT2D eigenvalue weighted by atomic mass is 32.5. The van der Waals surface area contributed by atoms with Crippen LogP contribution in [0.4, 0.5) is 5.82 Å². The van der Waals surface area contributed by atoms with Gasteiger partial charge >= 0.3 is 7.60 Å². The molecule has 2 aliphatic rings. The van der Waals surface area contributed by atoms with Gasteiger partial charge in [-0.15, -0.1) is 0 Å². The number of fused-ring (bicyclic) bond motifs is 1. The maximum absolute atomic E-state index is 12.9. The summed E-state index contributed by atoms with van der Waals surface area (Å²) >= 11 is 5.21. The van der Waals surface area contributed by atoms with Gasteiger partial charge in [0, 0.05) is 13.0 Å². The van der Waals surface area contributed by atoms with Gasteiger partial charge in [-0.2, -0.15) is 0 Å². The number of aromatic nitrogens is 4. The van der Waals surface area contributed by atoms with Gasteiger partial charge in [-0.3, -0.25) is 9.13 Å². The van der Waals surface area contributed by atoms with Crippen LogP contribution in [0, 0.1) is 5.92 Å². The van der Waals surface area contributed by atoms with Gasteiger partial charge in [-0.05, 0) is 18.6 Å². The van der Waals surface area contributed by atoms with Gasteiger partial charge < -0.3 is 34.4 Å². The van der Waals surface area contributed by atoms with Crippen molar-refractivity contribution in [2.24, 2.45) is 5.92 Å². The number of hydrogen-bond donors (Lipinski definition) is 3. The number of nitrogens with zero attached hydrogens (tertiary/aromatic N) is 4. The monoisotopic (exact) mass is 492 g/mol. The van der Waals surface area contributed by atoms with Gasteiger partial charge in [0.2, 0.25) is 0 Å². The van der Waals surface area contributed by atoms with E-state index in [0.717, 1.165) is 0 Å². The maximum Gasteiger partial charge on any atom is 0.328 e. The summed E-state index contributed by atoms with van der Waals surface area (Å²) in [7, 11) is -2.87. The lowest BCUT2D eigenvalue weighted by Crippen LogP contribution is -2.38. The Labute approximate surface area is 183 Å². The van der Waals surface area contributed by atoms with E-state index in [2.05, 4.69) is 15.0 Å². The minimum absolute atomic E-state index is 0.193. The van der Waals surface area contributed by atoms with Gasteiger partial charge in [-0.25, -0.2) is 15.0 Å². The molecule has 0 spiro atoms. The lowest BCUT2D eigenvalue weighted by Gasteiger charge is -2.37. The van der Waals surface area contributed by atoms with Crippen LogP contribution in [-0.4, -0.2) is 66.0 Å². The summed E-state index contributed by atoms with van der Waals surface area (Å²) < 4.78 is 31.1. The molecule has 4 N–H and O–H groups in total. The minimum atomic E-state index is -4.31. The van der Waals surface area contributed by atoms with Crippen LogP contribution in [0.25, 0.3) is 11.2 Å². The minimum Gasteiger partial charge on any atom is -0.800 e. The molecule has 0 amide bonds. The quantitative estimate of drug-likeness (QED) is 0.453. The van der Waals surface area contributed by atoms with E-state index in [-0.39, 0.29) is 12.2 Å². The molecule has 1 aliphatic heterocycles. The molecule has 172 valence electrons. The molecule has 15 heteroatoms. The third-order valence-electron chi connectivity index (χ3n) is 5.72. The Bertz CT molecular complexity index is 1080. The predicted octanol–water partition coefficient (Wildman–Crippen LogP) is 0.350. The second-order valence-corrected chi connectivity index (χ2v) is 13.7. The highest BCUT2D eigenvalue weighted by Gasteiger charge is 2.61. The second kappa shape index (κ2) is 8.09. The topological polar surface area (TPSA) is 178 Å². The van der Waals surface area contributed by atoms with Crippen LogP contribution in [0.2, 0.25) is 0 Å². The Morgan fingerprint density at radius 1 is 1.35 bits per heavy atom. The molecule has 12 nitrogen and oxygen atoms in total. The molecule has 7 atom stereocenters. The Kier molecular flexibility index (Phi) is 6.04. The van der Waals surface area contributed by atoms with Gasteiger partial charge in [0.05, 0.1) is 18.1 Å². The molecule has 3 unspecified atom stereocenters. The van der Waals surface area contributed by atoms with E-state index in [4.69, 9.17) is 31.5 Å². The fourth-order valence-electron chi connectivity index (χ4n) is 3.89. The zero-order valence-corrected chi connectivity index (χ0v) is 19.6. The molecule has 1 aliphatic carbocycles. The molecule has 3 heterocycles. The van der Waals surface area contributed by atoms with Crippen LogP contribution in [0.3, 0.4) is 0 Å². The van der Waals surface area contributed by atoms with Crippen molar-refractivity contribution in [2.75, 3.05) is 12.8 Å². The van der Waals surface area contributed by atoms with Crippen LogP contribution in [0.15, 0.2) is 12.7 Å². The van der Waals surface area contributed by atoms with E-state index in [1.54, 1.807) is 18.4 Å². The molecule has 2 aromatic rings. The second-order valence-electron chi connectivity index (χ2n) is 8.03. The largest absolute Gasteiger partial charge is 0.800 e. The Balaban J connectivity index is 1.73. The maximum atomic E-state index is 12.9. The Hall–Kier alpha value is -1.01. The summed E-state index contributed by atoms with van der Waals surface area (Å²) in [5.74, 6) is -0.302. The van der Waals surface area contributed by atoms with E-state index in [0.29, 0.717) is 11.2 Å². The number of nitrogens with two attached hydrogens (primary N) is 1. The number of hydrogen-bond acceptors (Lipinski definition) is 10. The molecule has 0 bridgehead atoms. The van der Waals surface area contributed by atoms with E-state index in [1.165, 1.54) is 19.8 Å². The van der Waals surface area contributed by atoms with Crippen molar-refractivity contribution in [3.63, 3.8) is 0 Å². The highest BCUT2D eigenvalue weighted by molar-refractivity contribution is 8.09. The number of rotatable bonds is 7. The van der Waals surface area contributed by atoms with E-state index >= 15 is 0 Å². The zero-order chi connectivity index (χ0) is 22.7.